The first-order valence-corrected chi connectivity index (χ1v) is 9.49. The number of rotatable bonds is 15. The van der Waals surface area contributed by atoms with Gasteiger partial charge < -0.3 is 18.9 Å². The molecule has 1 rings (SSSR count). The molecule has 0 aromatic heterocycles. The second-order valence-electron chi connectivity index (χ2n) is 6.68. The Hall–Kier alpha value is -0.160. The number of ether oxygens (including phenoxy) is 4. The molecular weight excluding hydrogens is 292 g/mol. The lowest BCUT2D eigenvalue weighted by Gasteiger charge is -2.37. The van der Waals surface area contributed by atoms with E-state index in [0.717, 1.165) is 32.3 Å². The third-order valence-corrected chi connectivity index (χ3v) is 5.13. The summed E-state index contributed by atoms with van der Waals surface area (Å²) in [4.78, 5) is 0. The van der Waals surface area contributed by atoms with Crippen LogP contribution in [0.5, 0.6) is 0 Å². The Labute approximate surface area is 143 Å². The van der Waals surface area contributed by atoms with Gasteiger partial charge in [0.25, 0.3) is 5.97 Å². The maximum atomic E-state index is 5.62. The molecule has 4 nitrogen and oxygen atoms in total. The zero-order valence-corrected chi connectivity index (χ0v) is 15.8. The van der Waals surface area contributed by atoms with Crippen molar-refractivity contribution in [2.45, 2.75) is 89.6 Å². The van der Waals surface area contributed by atoms with Crippen molar-refractivity contribution in [3.8, 4) is 0 Å². The van der Waals surface area contributed by atoms with Gasteiger partial charge in [-0.25, -0.2) is 0 Å². The summed E-state index contributed by atoms with van der Waals surface area (Å²) < 4.78 is 22.4. The summed E-state index contributed by atoms with van der Waals surface area (Å²) in [6, 6.07) is 0. The Morgan fingerprint density at radius 2 is 1.48 bits per heavy atom. The van der Waals surface area contributed by atoms with Gasteiger partial charge in [-0.2, -0.15) is 0 Å². The number of hydrogen-bond acceptors (Lipinski definition) is 4. The molecule has 23 heavy (non-hydrogen) atoms. The van der Waals surface area contributed by atoms with E-state index in [2.05, 4.69) is 6.92 Å². The van der Waals surface area contributed by atoms with Crippen molar-refractivity contribution < 1.29 is 18.9 Å². The third kappa shape index (κ3) is 7.08. The molecule has 0 bridgehead atoms. The molecule has 0 saturated carbocycles. The van der Waals surface area contributed by atoms with Gasteiger partial charge in [0, 0.05) is 33.9 Å². The summed E-state index contributed by atoms with van der Waals surface area (Å²) in [6.45, 7) is 3.19. The third-order valence-electron chi connectivity index (χ3n) is 5.13. The van der Waals surface area contributed by atoms with Crippen molar-refractivity contribution in [3.05, 3.63) is 0 Å². The van der Waals surface area contributed by atoms with Crippen LogP contribution in [-0.2, 0) is 18.9 Å². The predicted octanol–water partition coefficient (Wildman–Crippen LogP) is 4.91. The summed E-state index contributed by atoms with van der Waals surface area (Å²) in [5, 5.41) is 0. The molecule has 0 aromatic carbocycles. The average Bonchev–Trinajstić information content (AvgIpc) is 2.54. The highest BCUT2D eigenvalue weighted by molar-refractivity contribution is 4.74. The molecule has 0 amide bonds. The minimum atomic E-state index is -0.899. The van der Waals surface area contributed by atoms with Gasteiger partial charge in [0.15, 0.2) is 0 Å². The highest BCUT2D eigenvalue weighted by Gasteiger charge is 2.39. The van der Waals surface area contributed by atoms with E-state index in [4.69, 9.17) is 18.9 Å². The standard InChI is InChI=1S/C19H38O4/c1-5-6-7-8-9-10-12-17(19(20-2,21-3)22-4)13-11-14-18-15-16-23-18/h17-18H,5-16H2,1-4H3. The quantitative estimate of drug-likeness (QED) is 0.316. The van der Waals surface area contributed by atoms with Crippen LogP contribution in [0.15, 0.2) is 0 Å². The maximum absolute atomic E-state index is 5.62. The largest absolute Gasteiger partial charge is 0.378 e. The molecule has 138 valence electrons. The van der Waals surface area contributed by atoms with Gasteiger partial charge >= 0.3 is 0 Å². The molecule has 0 aliphatic carbocycles. The molecule has 0 radical (unpaired) electrons. The Morgan fingerprint density at radius 1 is 0.913 bits per heavy atom. The lowest BCUT2D eigenvalue weighted by Crippen LogP contribution is -2.44. The van der Waals surface area contributed by atoms with E-state index < -0.39 is 5.97 Å². The second kappa shape index (κ2) is 12.2. The van der Waals surface area contributed by atoms with Crippen LogP contribution in [0.4, 0.5) is 0 Å². The molecule has 2 unspecified atom stereocenters. The van der Waals surface area contributed by atoms with Crippen LogP contribution in [-0.4, -0.2) is 40.0 Å². The highest BCUT2D eigenvalue weighted by atomic mass is 16.9. The molecule has 1 saturated heterocycles. The van der Waals surface area contributed by atoms with Gasteiger partial charge in [0.2, 0.25) is 0 Å². The first-order valence-electron chi connectivity index (χ1n) is 9.49. The molecular formula is C19H38O4. The summed E-state index contributed by atoms with van der Waals surface area (Å²) >= 11 is 0. The van der Waals surface area contributed by atoms with Gasteiger partial charge in [-0.15, -0.1) is 0 Å². The molecule has 0 aromatic rings. The minimum absolute atomic E-state index is 0.272. The zero-order valence-electron chi connectivity index (χ0n) is 15.8. The predicted molar refractivity (Wildman–Crippen MR) is 93.4 cm³/mol. The topological polar surface area (TPSA) is 36.9 Å². The Morgan fingerprint density at radius 3 is 2.00 bits per heavy atom. The summed E-state index contributed by atoms with van der Waals surface area (Å²) in [7, 11) is 5.03. The van der Waals surface area contributed by atoms with Crippen LogP contribution in [0, 0.1) is 5.92 Å². The smallest absolute Gasteiger partial charge is 0.285 e. The van der Waals surface area contributed by atoms with E-state index in [1.165, 1.54) is 44.9 Å². The van der Waals surface area contributed by atoms with Crippen molar-refractivity contribution in [2.75, 3.05) is 27.9 Å². The van der Waals surface area contributed by atoms with Gasteiger partial charge in [0.05, 0.1) is 6.10 Å². The first kappa shape index (κ1) is 20.9. The lowest BCUT2D eigenvalue weighted by atomic mass is 9.91. The lowest BCUT2D eigenvalue weighted by molar-refractivity contribution is -0.380. The van der Waals surface area contributed by atoms with E-state index in [1.54, 1.807) is 21.3 Å². The summed E-state index contributed by atoms with van der Waals surface area (Å²) in [5.74, 6) is -0.627. The van der Waals surface area contributed by atoms with Gasteiger partial charge in [-0.3, -0.25) is 0 Å². The molecule has 0 spiro atoms. The molecule has 1 aliphatic rings. The normalized spacial score (nSPS) is 19.6. The molecule has 0 N–H and O–H groups in total. The Bertz CT molecular complexity index is 266. The number of methoxy groups -OCH3 is 3. The maximum Gasteiger partial charge on any atom is 0.285 e. The molecule has 4 heteroatoms. The van der Waals surface area contributed by atoms with Gasteiger partial charge in [-0.05, 0) is 25.7 Å². The van der Waals surface area contributed by atoms with Crippen molar-refractivity contribution in [1.29, 1.82) is 0 Å². The van der Waals surface area contributed by atoms with Crippen LogP contribution in [0.3, 0.4) is 0 Å². The molecule has 2 atom stereocenters. The van der Waals surface area contributed by atoms with E-state index in [9.17, 15) is 0 Å². The van der Waals surface area contributed by atoms with Crippen molar-refractivity contribution >= 4 is 0 Å². The fourth-order valence-corrected chi connectivity index (χ4v) is 3.52. The van der Waals surface area contributed by atoms with E-state index >= 15 is 0 Å². The summed E-state index contributed by atoms with van der Waals surface area (Å²) in [5.41, 5.74) is 0. The summed E-state index contributed by atoms with van der Waals surface area (Å²) in [6.07, 6.45) is 14.0. The van der Waals surface area contributed by atoms with Crippen molar-refractivity contribution in [3.63, 3.8) is 0 Å². The van der Waals surface area contributed by atoms with Crippen molar-refractivity contribution in [1.82, 2.24) is 0 Å². The Kier molecular flexibility index (Phi) is 11.1. The van der Waals surface area contributed by atoms with Crippen LogP contribution in [0.25, 0.3) is 0 Å². The molecule has 1 fully saturated rings. The first-order chi connectivity index (χ1) is 11.2. The van der Waals surface area contributed by atoms with E-state index in [1.807, 2.05) is 0 Å². The number of unbranched alkanes of at least 4 members (excludes halogenated alkanes) is 5. The van der Waals surface area contributed by atoms with Crippen LogP contribution >= 0.6 is 0 Å². The monoisotopic (exact) mass is 330 g/mol. The van der Waals surface area contributed by atoms with Crippen LogP contribution in [0.2, 0.25) is 0 Å². The van der Waals surface area contributed by atoms with Gasteiger partial charge in [0.1, 0.15) is 0 Å². The second-order valence-corrected chi connectivity index (χ2v) is 6.68. The molecule has 1 aliphatic heterocycles. The van der Waals surface area contributed by atoms with E-state index in [0.29, 0.717) is 6.10 Å². The van der Waals surface area contributed by atoms with Crippen LogP contribution < -0.4 is 0 Å². The van der Waals surface area contributed by atoms with Crippen molar-refractivity contribution in [2.24, 2.45) is 5.92 Å². The van der Waals surface area contributed by atoms with Crippen LogP contribution in [0.1, 0.15) is 77.6 Å². The number of hydrogen-bond donors (Lipinski definition) is 0. The SMILES string of the molecule is CCCCCCCCC(CCCC1CCO1)C(OC)(OC)OC. The fraction of sp³-hybridized carbons (Fsp3) is 1.00. The zero-order chi connectivity index (χ0) is 17.0. The molecule has 1 heterocycles. The average molecular weight is 331 g/mol. The Balaban J connectivity index is 2.39. The fourth-order valence-electron chi connectivity index (χ4n) is 3.52. The minimum Gasteiger partial charge on any atom is -0.378 e. The van der Waals surface area contributed by atoms with Gasteiger partial charge in [-0.1, -0.05) is 51.9 Å². The highest BCUT2D eigenvalue weighted by Crippen LogP contribution is 2.33. The van der Waals surface area contributed by atoms with E-state index in [-0.39, 0.29) is 5.92 Å².